The summed E-state index contributed by atoms with van der Waals surface area (Å²) in [6.07, 6.45) is 18.6. The predicted molar refractivity (Wildman–Crippen MR) is 176 cm³/mol. The second-order valence-corrected chi connectivity index (χ2v) is 17.7. The van der Waals surface area contributed by atoms with E-state index in [0.717, 1.165) is 41.2 Å². The smallest absolute Gasteiger partial charge is 0.00848 e. The number of allylic oxidation sites excluding steroid dienone is 2. The standard InChI is InChI=1S/C39H55P/c1-28(2)13-12-14-29(3)35-21-22-36-34-20-19-30-27-33(23-25-38(30,4)37(34)24-26-39(35,36)5)40(31-15-8-6-9-16-31)32-17-10-7-11-18-32/h6-11,15-19,28-29,33-37H,12-14,20-27H2,1-5H3/t29-,33?,34+,35-,36+,37+,38+,39-/m1/s1. The molecule has 0 N–H and O–H groups in total. The summed E-state index contributed by atoms with van der Waals surface area (Å²) in [7, 11) is -0.324. The molecule has 0 saturated heterocycles. The van der Waals surface area contributed by atoms with Crippen LogP contribution in [0.2, 0.25) is 0 Å². The summed E-state index contributed by atoms with van der Waals surface area (Å²) in [4.78, 5) is 0. The third-order valence-corrected chi connectivity index (χ3v) is 15.6. The highest BCUT2D eigenvalue weighted by Crippen LogP contribution is 2.68. The van der Waals surface area contributed by atoms with E-state index in [9.17, 15) is 0 Å². The molecule has 4 aliphatic carbocycles. The maximum absolute atomic E-state index is 2.81. The fraction of sp³-hybridized carbons (Fsp3) is 0.641. The molecule has 4 aliphatic rings. The largest absolute Gasteiger partial charge is 0.0844 e. The van der Waals surface area contributed by atoms with Gasteiger partial charge in [-0.25, -0.2) is 0 Å². The predicted octanol–water partition coefficient (Wildman–Crippen LogP) is 10.5. The lowest BCUT2D eigenvalue weighted by Crippen LogP contribution is -2.51. The van der Waals surface area contributed by atoms with Gasteiger partial charge >= 0.3 is 0 Å². The van der Waals surface area contributed by atoms with Crippen LogP contribution in [0.25, 0.3) is 0 Å². The van der Waals surface area contributed by atoms with E-state index in [1.54, 1.807) is 10.6 Å². The fourth-order valence-corrected chi connectivity index (χ4v) is 13.5. The Labute approximate surface area is 247 Å². The first-order valence-corrected chi connectivity index (χ1v) is 18.3. The van der Waals surface area contributed by atoms with Gasteiger partial charge < -0.3 is 0 Å². The van der Waals surface area contributed by atoms with Crippen LogP contribution in [0, 0.1) is 46.3 Å². The SMILES string of the molecule is CC(C)CCC[C@@H](C)[C@H]1CC[C@H]2[C@@H]3CC=C4CC(P(c5ccccc5)c5ccccc5)CC[C@]4(C)[C@H]3CC[C@]12C. The van der Waals surface area contributed by atoms with Crippen molar-refractivity contribution in [1.82, 2.24) is 0 Å². The van der Waals surface area contributed by atoms with Gasteiger partial charge in [0.2, 0.25) is 0 Å². The molecule has 1 unspecified atom stereocenters. The van der Waals surface area contributed by atoms with Crippen LogP contribution in [-0.2, 0) is 0 Å². The number of hydrogen-bond acceptors (Lipinski definition) is 0. The van der Waals surface area contributed by atoms with Gasteiger partial charge in [0.05, 0.1) is 0 Å². The van der Waals surface area contributed by atoms with E-state index in [0.29, 0.717) is 10.8 Å². The molecule has 3 saturated carbocycles. The molecule has 0 aromatic heterocycles. The lowest BCUT2D eigenvalue weighted by atomic mass is 9.47. The Balaban J connectivity index is 1.21. The van der Waals surface area contributed by atoms with E-state index in [1.165, 1.54) is 70.6 Å². The zero-order valence-electron chi connectivity index (χ0n) is 26.1. The molecule has 2 aromatic rings. The number of rotatable bonds is 8. The summed E-state index contributed by atoms with van der Waals surface area (Å²) in [5.41, 5.74) is 3.65. The monoisotopic (exact) mass is 554 g/mol. The Morgan fingerprint density at radius 1 is 0.775 bits per heavy atom. The lowest BCUT2D eigenvalue weighted by molar-refractivity contribution is -0.0498. The fourth-order valence-electron chi connectivity index (χ4n) is 10.6. The van der Waals surface area contributed by atoms with Crippen molar-refractivity contribution in [3.8, 4) is 0 Å². The Morgan fingerprint density at radius 3 is 2.10 bits per heavy atom. The average Bonchev–Trinajstić information content (AvgIpc) is 3.31. The van der Waals surface area contributed by atoms with Crippen LogP contribution >= 0.6 is 7.92 Å². The van der Waals surface area contributed by atoms with Gasteiger partial charge in [-0.05, 0) is 122 Å². The molecule has 1 heteroatoms. The van der Waals surface area contributed by atoms with Gasteiger partial charge in [0.25, 0.3) is 0 Å². The zero-order chi connectivity index (χ0) is 27.9. The van der Waals surface area contributed by atoms with E-state index in [2.05, 4.69) is 101 Å². The molecule has 0 heterocycles. The van der Waals surface area contributed by atoms with Gasteiger partial charge in [0, 0.05) is 0 Å². The van der Waals surface area contributed by atoms with Gasteiger partial charge in [0.1, 0.15) is 0 Å². The summed E-state index contributed by atoms with van der Waals surface area (Å²) < 4.78 is 0. The van der Waals surface area contributed by atoms with Crippen molar-refractivity contribution >= 4 is 18.5 Å². The van der Waals surface area contributed by atoms with Crippen molar-refractivity contribution in [3.05, 3.63) is 72.3 Å². The minimum atomic E-state index is -0.324. The van der Waals surface area contributed by atoms with Crippen LogP contribution in [0.4, 0.5) is 0 Å². The maximum atomic E-state index is 2.81. The van der Waals surface area contributed by atoms with Gasteiger partial charge in [-0.15, -0.1) is 0 Å². The molecular weight excluding hydrogens is 499 g/mol. The molecular formula is C39H55P. The van der Waals surface area contributed by atoms with Crippen LogP contribution in [0.5, 0.6) is 0 Å². The molecule has 8 atom stereocenters. The van der Waals surface area contributed by atoms with E-state index < -0.39 is 0 Å². The van der Waals surface area contributed by atoms with Crippen LogP contribution in [0.15, 0.2) is 72.3 Å². The summed E-state index contributed by atoms with van der Waals surface area (Å²) in [5, 5.41) is 3.14. The molecule has 0 nitrogen and oxygen atoms in total. The number of benzene rings is 2. The molecule has 0 amide bonds. The van der Waals surface area contributed by atoms with Gasteiger partial charge in [-0.3, -0.25) is 0 Å². The molecule has 0 spiro atoms. The number of fused-ring (bicyclic) bond motifs is 5. The Bertz CT molecular complexity index is 1110. The highest BCUT2D eigenvalue weighted by Gasteiger charge is 2.59. The van der Waals surface area contributed by atoms with E-state index in [-0.39, 0.29) is 7.92 Å². The van der Waals surface area contributed by atoms with E-state index >= 15 is 0 Å². The maximum Gasteiger partial charge on any atom is -0.00848 e. The highest BCUT2D eigenvalue weighted by atomic mass is 31.1. The molecule has 6 rings (SSSR count). The summed E-state index contributed by atoms with van der Waals surface area (Å²) in [6, 6.07) is 23.0. The first-order chi connectivity index (χ1) is 19.3. The summed E-state index contributed by atoms with van der Waals surface area (Å²) in [5.74, 6) is 5.52. The van der Waals surface area contributed by atoms with Crippen LogP contribution in [-0.4, -0.2) is 5.66 Å². The number of hydrogen-bond donors (Lipinski definition) is 0. The molecule has 3 fully saturated rings. The van der Waals surface area contributed by atoms with Crippen molar-refractivity contribution in [2.45, 2.75) is 111 Å². The van der Waals surface area contributed by atoms with Crippen molar-refractivity contribution < 1.29 is 0 Å². The average molecular weight is 555 g/mol. The normalized spacial score (nSPS) is 36.1. The molecule has 0 bridgehead atoms. The Hall–Kier alpha value is -1.39. The van der Waals surface area contributed by atoms with Crippen molar-refractivity contribution in [3.63, 3.8) is 0 Å². The van der Waals surface area contributed by atoms with Gasteiger partial charge in [-0.2, -0.15) is 0 Å². The quantitative estimate of drug-likeness (QED) is 0.225. The Morgan fingerprint density at radius 2 is 1.45 bits per heavy atom. The summed E-state index contributed by atoms with van der Waals surface area (Å²) in [6.45, 7) is 12.9. The minimum Gasteiger partial charge on any atom is -0.0844 e. The molecule has 216 valence electrons. The molecule has 0 radical (unpaired) electrons. The third-order valence-electron chi connectivity index (χ3n) is 12.7. The molecule has 40 heavy (non-hydrogen) atoms. The van der Waals surface area contributed by atoms with Crippen LogP contribution in [0.1, 0.15) is 105 Å². The molecule has 0 aliphatic heterocycles. The first kappa shape index (κ1) is 28.7. The Kier molecular flexibility index (Phi) is 8.41. The van der Waals surface area contributed by atoms with Gasteiger partial charge in [0.15, 0.2) is 0 Å². The van der Waals surface area contributed by atoms with Crippen molar-refractivity contribution in [1.29, 1.82) is 0 Å². The second kappa shape index (κ2) is 11.7. The minimum absolute atomic E-state index is 0.324. The molecule has 2 aromatic carbocycles. The van der Waals surface area contributed by atoms with Crippen LogP contribution in [0.3, 0.4) is 0 Å². The highest BCUT2D eigenvalue weighted by molar-refractivity contribution is 7.73. The third kappa shape index (κ3) is 5.19. The zero-order valence-corrected chi connectivity index (χ0v) is 27.0. The van der Waals surface area contributed by atoms with Crippen molar-refractivity contribution in [2.24, 2.45) is 46.3 Å². The van der Waals surface area contributed by atoms with E-state index in [4.69, 9.17) is 0 Å². The van der Waals surface area contributed by atoms with Crippen molar-refractivity contribution in [2.75, 3.05) is 0 Å². The first-order valence-electron chi connectivity index (χ1n) is 16.9. The van der Waals surface area contributed by atoms with Crippen LogP contribution < -0.4 is 10.6 Å². The topological polar surface area (TPSA) is 0 Å². The van der Waals surface area contributed by atoms with Gasteiger partial charge in [-0.1, -0.05) is 126 Å². The summed E-state index contributed by atoms with van der Waals surface area (Å²) >= 11 is 0. The lowest BCUT2D eigenvalue weighted by Gasteiger charge is -2.59. The second-order valence-electron chi connectivity index (χ2n) is 15.2. The van der Waals surface area contributed by atoms with E-state index in [1.807, 2.05) is 5.57 Å².